The standard InChI is InChI=1S/C23H31ClN4O3/c1-14-12-16(10-11-31-14)28-19(29)13-23(2,27-22(28)25)17-8-5-9-18(20(17)24)26-21(30)15-6-3-4-7-15/h5,8-9,14-16H,3-4,6-7,10-13H2,1-2H3,(H2,25,27)(H,26,30)/t14-,16-,23+/m1/s1. The fraction of sp³-hybridized carbons (Fsp3) is 0.609. The highest BCUT2D eigenvalue weighted by Crippen LogP contribution is 2.41. The van der Waals surface area contributed by atoms with Crippen LogP contribution in [0.2, 0.25) is 5.02 Å². The van der Waals surface area contributed by atoms with E-state index in [1.54, 1.807) is 11.0 Å². The summed E-state index contributed by atoms with van der Waals surface area (Å²) >= 11 is 6.72. The highest BCUT2D eigenvalue weighted by molar-refractivity contribution is 6.34. The lowest BCUT2D eigenvalue weighted by Crippen LogP contribution is -2.56. The van der Waals surface area contributed by atoms with Crippen LogP contribution in [-0.2, 0) is 19.9 Å². The number of hydrogen-bond donors (Lipinski definition) is 2. The fourth-order valence-corrected chi connectivity index (χ4v) is 5.45. The van der Waals surface area contributed by atoms with E-state index in [0.717, 1.165) is 38.5 Å². The van der Waals surface area contributed by atoms with Gasteiger partial charge in [0.1, 0.15) is 0 Å². The van der Waals surface area contributed by atoms with E-state index < -0.39 is 5.54 Å². The third kappa shape index (κ3) is 4.44. The fourth-order valence-electron chi connectivity index (χ4n) is 5.08. The van der Waals surface area contributed by atoms with Gasteiger partial charge < -0.3 is 15.8 Å². The van der Waals surface area contributed by atoms with Crippen LogP contribution in [-0.4, -0.2) is 41.4 Å². The van der Waals surface area contributed by atoms with Crippen LogP contribution >= 0.6 is 11.6 Å². The maximum absolute atomic E-state index is 13.2. The number of carbonyl (C=O) groups excluding carboxylic acids is 2. The molecule has 1 aliphatic carbocycles. The van der Waals surface area contributed by atoms with Gasteiger partial charge in [0.25, 0.3) is 0 Å². The number of anilines is 1. The van der Waals surface area contributed by atoms with Crippen LogP contribution in [0.15, 0.2) is 23.2 Å². The third-order valence-electron chi connectivity index (χ3n) is 6.76. The Kier molecular flexibility index (Phi) is 6.26. The Hall–Kier alpha value is -2.12. The van der Waals surface area contributed by atoms with E-state index >= 15 is 0 Å². The molecule has 2 heterocycles. The van der Waals surface area contributed by atoms with E-state index in [4.69, 9.17) is 27.1 Å². The van der Waals surface area contributed by atoms with Crippen molar-refractivity contribution in [3.8, 4) is 0 Å². The molecule has 2 aliphatic heterocycles. The Morgan fingerprint density at radius 2 is 2.06 bits per heavy atom. The molecule has 4 rings (SSSR count). The molecule has 0 bridgehead atoms. The number of halogens is 1. The maximum atomic E-state index is 13.2. The van der Waals surface area contributed by atoms with Crippen molar-refractivity contribution in [2.24, 2.45) is 16.6 Å². The minimum atomic E-state index is -0.889. The van der Waals surface area contributed by atoms with Gasteiger partial charge in [-0.25, -0.2) is 4.99 Å². The summed E-state index contributed by atoms with van der Waals surface area (Å²) in [6.45, 7) is 4.48. The molecule has 3 atom stereocenters. The second-order valence-electron chi connectivity index (χ2n) is 9.18. The van der Waals surface area contributed by atoms with Crippen molar-refractivity contribution in [3.05, 3.63) is 28.8 Å². The summed E-state index contributed by atoms with van der Waals surface area (Å²) in [6, 6.07) is 5.47. The average Bonchev–Trinajstić information content (AvgIpc) is 3.24. The normalized spacial score (nSPS) is 29.7. The zero-order valence-electron chi connectivity index (χ0n) is 18.2. The highest BCUT2D eigenvalue weighted by atomic mass is 35.5. The zero-order valence-corrected chi connectivity index (χ0v) is 19.0. The first-order valence-electron chi connectivity index (χ1n) is 11.2. The molecule has 1 saturated carbocycles. The topological polar surface area (TPSA) is 97.0 Å². The SMILES string of the molecule is C[C@@H]1C[C@H](N2C(=O)C[C@@](C)(c3cccc(NC(=O)C4CCCC4)c3Cl)N=C2N)CCO1. The van der Waals surface area contributed by atoms with Crippen molar-refractivity contribution in [3.63, 3.8) is 0 Å². The molecule has 31 heavy (non-hydrogen) atoms. The molecule has 0 spiro atoms. The molecule has 168 valence electrons. The molecule has 1 aromatic carbocycles. The van der Waals surface area contributed by atoms with E-state index in [0.29, 0.717) is 22.9 Å². The number of rotatable bonds is 4. The van der Waals surface area contributed by atoms with E-state index in [9.17, 15) is 9.59 Å². The molecule has 2 fully saturated rings. The minimum Gasteiger partial charge on any atom is -0.378 e. The number of aliphatic imine (C=N–C) groups is 1. The smallest absolute Gasteiger partial charge is 0.232 e. The first-order valence-corrected chi connectivity index (χ1v) is 11.5. The van der Waals surface area contributed by atoms with Crippen molar-refractivity contribution in [2.75, 3.05) is 11.9 Å². The predicted molar refractivity (Wildman–Crippen MR) is 121 cm³/mol. The minimum absolute atomic E-state index is 0.00273. The summed E-state index contributed by atoms with van der Waals surface area (Å²) in [7, 11) is 0. The van der Waals surface area contributed by atoms with Crippen molar-refractivity contribution < 1.29 is 14.3 Å². The Bertz CT molecular complexity index is 899. The number of amides is 2. The Balaban J connectivity index is 1.59. The summed E-state index contributed by atoms with van der Waals surface area (Å²) < 4.78 is 5.61. The van der Waals surface area contributed by atoms with Crippen LogP contribution in [0.3, 0.4) is 0 Å². The van der Waals surface area contributed by atoms with Crippen LogP contribution in [0, 0.1) is 5.92 Å². The number of nitrogens with two attached hydrogens (primary N) is 1. The Morgan fingerprint density at radius 1 is 1.32 bits per heavy atom. The van der Waals surface area contributed by atoms with Crippen LogP contribution in [0.25, 0.3) is 0 Å². The van der Waals surface area contributed by atoms with Crippen molar-refractivity contribution in [1.29, 1.82) is 0 Å². The van der Waals surface area contributed by atoms with Gasteiger partial charge in [0.05, 0.1) is 28.8 Å². The van der Waals surface area contributed by atoms with Gasteiger partial charge in [0.15, 0.2) is 5.96 Å². The molecule has 8 heteroatoms. The molecule has 7 nitrogen and oxygen atoms in total. The Morgan fingerprint density at radius 3 is 2.74 bits per heavy atom. The van der Waals surface area contributed by atoms with Gasteiger partial charge in [-0.3, -0.25) is 14.5 Å². The van der Waals surface area contributed by atoms with Gasteiger partial charge in [0, 0.05) is 24.1 Å². The van der Waals surface area contributed by atoms with Gasteiger partial charge in [0.2, 0.25) is 11.8 Å². The third-order valence-corrected chi connectivity index (χ3v) is 7.16. The number of carbonyl (C=O) groups is 2. The van der Waals surface area contributed by atoms with Gasteiger partial charge >= 0.3 is 0 Å². The molecule has 0 unspecified atom stereocenters. The summed E-state index contributed by atoms with van der Waals surface area (Å²) in [6.07, 6.45) is 5.73. The van der Waals surface area contributed by atoms with Crippen molar-refractivity contribution in [1.82, 2.24) is 4.90 Å². The number of nitrogens with zero attached hydrogens (tertiary/aromatic N) is 2. The lowest BCUT2D eigenvalue weighted by atomic mass is 9.86. The van der Waals surface area contributed by atoms with Gasteiger partial charge in [-0.2, -0.15) is 0 Å². The van der Waals surface area contributed by atoms with Gasteiger partial charge in [-0.05, 0) is 45.6 Å². The molecule has 1 saturated heterocycles. The lowest BCUT2D eigenvalue weighted by Gasteiger charge is -2.41. The summed E-state index contributed by atoms with van der Waals surface area (Å²) in [5.74, 6) is 0.194. The number of nitrogens with one attached hydrogen (secondary N) is 1. The van der Waals surface area contributed by atoms with Crippen molar-refractivity contribution >= 4 is 35.1 Å². The molecule has 3 N–H and O–H groups in total. The monoisotopic (exact) mass is 446 g/mol. The molecule has 0 radical (unpaired) electrons. The second kappa shape index (κ2) is 8.79. The van der Waals surface area contributed by atoms with Crippen LogP contribution in [0.1, 0.15) is 64.4 Å². The Labute approximate surface area is 188 Å². The zero-order chi connectivity index (χ0) is 22.2. The summed E-state index contributed by atoms with van der Waals surface area (Å²) in [5, 5.41) is 3.39. The van der Waals surface area contributed by atoms with E-state index in [1.165, 1.54) is 0 Å². The van der Waals surface area contributed by atoms with E-state index in [-0.39, 0.29) is 42.3 Å². The van der Waals surface area contributed by atoms with Crippen LogP contribution < -0.4 is 11.1 Å². The molecule has 1 aromatic rings. The largest absolute Gasteiger partial charge is 0.378 e. The van der Waals surface area contributed by atoms with Crippen molar-refractivity contribution in [2.45, 2.75) is 76.5 Å². The summed E-state index contributed by atoms with van der Waals surface area (Å²) in [5.41, 5.74) is 6.67. The molecular weight excluding hydrogens is 416 g/mol. The molecule has 0 aromatic heterocycles. The average molecular weight is 447 g/mol. The van der Waals surface area contributed by atoms with Crippen LogP contribution in [0.4, 0.5) is 5.69 Å². The maximum Gasteiger partial charge on any atom is 0.232 e. The van der Waals surface area contributed by atoms with E-state index in [1.807, 2.05) is 26.0 Å². The van der Waals surface area contributed by atoms with E-state index in [2.05, 4.69) is 5.32 Å². The predicted octanol–water partition coefficient (Wildman–Crippen LogP) is 3.80. The van der Waals surface area contributed by atoms with Gasteiger partial charge in [-0.1, -0.05) is 36.6 Å². The number of benzene rings is 1. The number of guanidine groups is 1. The molecule has 3 aliphatic rings. The first-order chi connectivity index (χ1) is 14.8. The first kappa shape index (κ1) is 22.1. The second-order valence-corrected chi connectivity index (χ2v) is 9.56. The highest BCUT2D eigenvalue weighted by Gasteiger charge is 2.42. The summed E-state index contributed by atoms with van der Waals surface area (Å²) in [4.78, 5) is 32.1. The molecular formula is C23H31ClN4O3. The molecule has 2 amide bonds. The van der Waals surface area contributed by atoms with Gasteiger partial charge in [-0.15, -0.1) is 0 Å². The lowest BCUT2D eigenvalue weighted by molar-refractivity contribution is -0.133. The van der Waals surface area contributed by atoms with Crippen LogP contribution in [0.5, 0.6) is 0 Å². The number of ether oxygens (including phenoxy) is 1. The number of hydrogen-bond acceptors (Lipinski definition) is 5. The quantitative estimate of drug-likeness (QED) is 0.735.